The first-order valence-corrected chi connectivity index (χ1v) is 5.10. The number of nitrogen functional groups attached to an aromatic ring is 1. The van der Waals surface area contributed by atoms with Crippen LogP contribution in [0.1, 0.15) is 10.4 Å². The highest BCUT2D eigenvalue weighted by Gasteiger charge is 2.11. The third kappa shape index (κ3) is 3.37. The highest BCUT2D eigenvalue weighted by Crippen LogP contribution is 2.17. The zero-order valence-corrected chi connectivity index (χ0v) is 9.66. The van der Waals surface area contributed by atoms with E-state index in [9.17, 15) is 4.79 Å². The molecule has 88 valence electrons. The van der Waals surface area contributed by atoms with Crippen molar-refractivity contribution < 1.29 is 9.90 Å². The van der Waals surface area contributed by atoms with Gasteiger partial charge in [0, 0.05) is 24.3 Å². The first kappa shape index (κ1) is 12.8. The Bertz CT molecular complexity index is 384. The number of amides is 1. The van der Waals surface area contributed by atoms with Crippen LogP contribution in [-0.2, 0) is 0 Å². The van der Waals surface area contributed by atoms with Gasteiger partial charge in [-0.15, -0.1) is 0 Å². The molecule has 0 atom stereocenters. The molecule has 6 heteroatoms. The maximum atomic E-state index is 11.7. The Hall–Kier alpha value is -1.30. The molecule has 0 heterocycles. The van der Waals surface area contributed by atoms with Crippen molar-refractivity contribution in [3.8, 4) is 0 Å². The molecule has 0 aliphatic rings. The Kier molecular flexibility index (Phi) is 4.54. The molecule has 0 aliphatic heterocycles. The predicted octanol–water partition coefficient (Wildman–Crippen LogP) is 0.491. The Balaban J connectivity index is 2.76. The molecule has 1 rings (SSSR count). The van der Waals surface area contributed by atoms with Gasteiger partial charge in [-0.25, -0.2) is 5.01 Å². The van der Waals surface area contributed by atoms with Crippen molar-refractivity contribution in [1.29, 1.82) is 0 Å². The summed E-state index contributed by atoms with van der Waals surface area (Å²) in [7, 11) is 1.65. The minimum atomic E-state index is -0.351. The minimum absolute atomic E-state index is 0.0399. The number of nitrogens with two attached hydrogens (primary N) is 1. The van der Waals surface area contributed by atoms with Crippen molar-refractivity contribution in [3.05, 3.63) is 28.8 Å². The summed E-state index contributed by atoms with van der Waals surface area (Å²) < 4.78 is 0. The highest BCUT2D eigenvalue weighted by molar-refractivity contribution is 6.31. The van der Waals surface area contributed by atoms with Crippen LogP contribution in [0.2, 0.25) is 5.02 Å². The Morgan fingerprint density at radius 2 is 2.31 bits per heavy atom. The van der Waals surface area contributed by atoms with E-state index >= 15 is 0 Å². The second kappa shape index (κ2) is 5.69. The van der Waals surface area contributed by atoms with Gasteiger partial charge in [-0.3, -0.25) is 10.2 Å². The molecule has 0 aliphatic carbocycles. The number of hydrazine groups is 1. The van der Waals surface area contributed by atoms with E-state index in [1.54, 1.807) is 19.2 Å². The van der Waals surface area contributed by atoms with Gasteiger partial charge >= 0.3 is 0 Å². The molecule has 5 nitrogen and oxygen atoms in total. The van der Waals surface area contributed by atoms with Crippen LogP contribution in [0, 0.1) is 0 Å². The molecule has 0 saturated carbocycles. The molecular formula is C10H14ClN3O2. The van der Waals surface area contributed by atoms with Crippen LogP contribution in [-0.4, -0.2) is 36.2 Å². The predicted molar refractivity (Wildman–Crippen MR) is 63.0 cm³/mol. The van der Waals surface area contributed by atoms with E-state index < -0.39 is 0 Å². The van der Waals surface area contributed by atoms with Crippen molar-refractivity contribution in [1.82, 2.24) is 10.4 Å². The van der Waals surface area contributed by atoms with Crippen LogP contribution in [0.3, 0.4) is 0 Å². The van der Waals surface area contributed by atoms with Gasteiger partial charge < -0.3 is 10.8 Å². The first-order chi connectivity index (χ1) is 7.54. The van der Waals surface area contributed by atoms with Gasteiger partial charge in [0.15, 0.2) is 0 Å². The topological polar surface area (TPSA) is 78.6 Å². The molecule has 0 saturated heterocycles. The van der Waals surface area contributed by atoms with Gasteiger partial charge in [0.25, 0.3) is 5.91 Å². The molecule has 0 spiro atoms. The quantitative estimate of drug-likeness (QED) is 0.531. The van der Waals surface area contributed by atoms with Gasteiger partial charge in [0.05, 0.1) is 12.2 Å². The molecule has 1 aromatic rings. The summed E-state index contributed by atoms with van der Waals surface area (Å²) in [5, 5.41) is 10.6. The molecule has 0 radical (unpaired) electrons. The molecule has 1 aromatic carbocycles. The summed E-state index contributed by atoms with van der Waals surface area (Å²) in [4.78, 5) is 11.7. The van der Waals surface area contributed by atoms with Crippen LogP contribution in [0.25, 0.3) is 0 Å². The van der Waals surface area contributed by atoms with Gasteiger partial charge in [-0.1, -0.05) is 11.6 Å². The lowest BCUT2D eigenvalue weighted by molar-refractivity contribution is 0.0804. The average Bonchev–Trinajstić information content (AvgIpc) is 2.21. The number of aliphatic hydroxyl groups excluding tert-OH is 1. The number of benzene rings is 1. The summed E-state index contributed by atoms with van der Waals surface area (Å²) in [6.07, 6.45) is 0. The number of carbonyl (C=O) groups excluding carboxylic acids is 1. The zero-order chi connectivity index (χ0) is 12.1. The summed E-state index contributed by atoms with van der Waals surface area (Å²) in [6, 6.07) is 4.69. The van der Waals surface area contributed by atoms with Crippen LogP contribution in [0.15, 0.2) is 18.2 Å². The number of nitrogens with zero attached hydrogens (tertiary/aromatic N) is 1. The van der Waals surface area contributed by atoms with E-state index in [4.69, 9.17) is 22.4 Å². The van der Waals surface area contributed by atoms with Gasteiger partial charge in [0.2, 0.25) is 0 Å². The van der Waals surface area contributed by atoms with E-state index in [2.05, 4.69) is 5.43 Å². The summed E-state index contributed by atoms with van der Waals surface area (Å²) in [5.74, 6) is -0.351. The average molecular weight is 244 g/mol. The molecule has 1 amide bonds. The van der Waals surface area contributed by atoms with Crippen LogP contribution < -0.4 is 11.2 Å². The largest absolute Gasteiger partial charge is 0.398 e. The number of hydrogen-bond donors (Lipinski definition) is 3. The second-order valence-electron chi connectivity index (χ2n) is 3.32. The number of carbonyl (C=O) groups is 1. The highest BCUT2D eigenvalue weighted by atomic mass is 35.5. The van der Waals surface area contributed by atoms with E-state index in [0.29, 0.717) is 22.8 Å². The van der Waals surface area contributed by atoms with Crippen molar-refractivity contribution in [2.45, 2.75) is 0 Å². The van der Waals surface area contributed by atoms with E-state index in [1.807, 2.05) is 0 Å². The first-order valence-electron chi connectivity index (χ1n) is 4.72. The van der Waals surface area contributed by atoms with E-state index in [-0.39, 0.29) is 12.5 Å². The van der Waals surface area contributed by atoms with E-state index in [1.165, 1.54) is 11.1 Å². The summed E-state index contributed by atoms with van der Waals surface area (Å²) in [6.45, 7) is 0.300. The van der Waals surface area contributed by atoms with Crippen LogP contribution in [0.4, 0.5) is 5.69 Å². The number of rotatable bonds is 4. The van der Waals surface area contributed by atoms with Crippen molar-refractivity contribution in [3.63, 3.8) is 0 Å². The third-order valence-electron chi connectivity index (χ3n) is 1.99. The fourth-order valence-electron chi connectivity index (χ4n) is 1.16. The van der Waals surface area contributed by atoms with Crippen LogP contribution in [0.5, 0.6) is 0 Å². The summed E-state index contributed by atoms with van der Waals surface area (Å²) >= 11 is 5.77. The summed E-state index contributed by atoms with van der Waals surface area (Å²) in [5.41, 5.74) is 8.89. The molecule has 4 N–H and O–H groups in total. The molecule has 0 aromatic heterocycles. The second-order valence-corrected chi connectivity index (χ2v) is 3.75. The Labute approximate surface area is 98.8 Å². The van der Waals surface area contributed by atoms with Gasteiger partial charge in [-0.05, 0) is 18.2 Å². The van der Waals surface area contributed by atoms with Crippen LogP contribution >= 0.6 is 11.6 Å². The standard InChI is InChI=1S/C10H14ClN3O2/c1-14(4-5-15)13-10(16)8-6-7(11)2-3-9(8)12/h2-3,6,15H,4-5,12H2,1H3,(H,13,16). The lowest BCUT2D eigenvalue weighted by Gasteiger charge is -2.17. The monoisotopic (exact) mass is 243 g/mol. The van der Waals surface area contributed by atoms with Crippen molar-refractivity contribution >= 4 is 23.2 Å². The van der Waals surface area contributed by atoms with E-state index in [0.717, 1.165) is 0 Å². The SMILES string of the molecule is CN(CCO)NC(=O)c1cc(Cl)ccc1N. The maximum Gasteiger partial charge on any atom is 0.267 e. The van der Waals surface area contributed by atoms with Gasteiger partial charge in [-0.2, -0.15) is 0 Å². The fourth-order valence-corrected chi connectivity index (χ4v) is 1.34. The number of anilines is 1. The van der Waals surface area contributed by atoms with Gasteiger partial charge in [0.1, 0.15) is 0 Å². The minimum Gasteiger partial charge on any atom is -0.398 e. The number of halogens is 1. The number of hydrogen-bond acceptors (Lipinski definition) is 4. The maximum absolute atomic E-state index is 11.7. The van der Waals surface area contributed by atoms with Crippen molar-refractivity contribution in [2.24, 2.45) is 0 Å². The lowest BCUT2D eigenvalue weighted by atomic mass is 10.2. The molecule has 0 unspecified atom stereocenters. The van der Waals surface area contributed by atoms with Crippen molar-refractivity contribution in [2.75, 3.05) is 25.9 Å². The zero-order valence-electron chi connectivity index (χ0n) is 8.90. The number of aliphatic hydroxyl groups is 1. The Morgan fingerprint density at radius 3 is 2.94 bits per heavy atom. The molecular weight excluding hydrogens is 230 g/mol. The smallest absolute Gasteiger partial charge is 0.267 e. The molecule has 16 heavy (non-hydrogen) atoms. The molecule has 0 fully saturated rings. The number of nitrogens with one attached hydrogen (secondary N) is 1. The lowest BCUT2D eigenvalue weighted by Crippen LogP contribution is -2.41. The molecule has 0 bridgehead atoms. The Morgan fingerprint density at radius 1 is 1.62 bits per heavy atom. The normalized spacial score (nSPS) is 10.5. The fraction of sp³-hybridized carbons (Fsp3) is 0.300. The third-order valence-corrected chi connectivity index (χ3v) is 2.22. The number of likely N-dealkylation sites (N-methyl/N-ethyl adjacent to an activating group) is 1.